The number of pyridine rings is 1. The molecule has 1 amide bonds. The van der Waals surface area contributed by atoms with Gasteiger partial charge in [-0.25, -0.2) is 0 Å². The lowest BCUT2D eigenvalue weighted by Gasteiger charge is -2.11. The molecule has 140 valence electrons. The molecular weight excluding hydrogens is 354 g/mol. The van der Waals surface area contributed by atoms with Crippen LogP contribution < -0.4 is 22.3 Å². The normalized spacial score (nSPS) is 10.3. The minimum absolute atomic E-state index is 0. The summed E-state index contributed by atoms with van der Waals surface area (Å²) in [5.41, 5.74) is 2.19. The Morgan fingerprint density at radius 3 is 2.35 bits per heavy atom. The van der Waals surface area contributed by atoms with Crippen LogP contribution in [0.4, 0.5) is 11.4 Å². The zero-order valence-electron chi connectivity index (χ0n) is 15.2. The minimum Gasteiger partial charge on any atom is -1.00 e. The molecule has 2 aromatic rings. The van der Waals surface area contributed by atoms with Crippen molar-refractivity contribution in [1.82, 2.24) is 0 Å². The fourth-order valence-corrected chi connectivity index (χ4v) is 2.92. The molecule has 1 N–H and O–H groups in total. The van der Waals surface area contributed by atoms with Crippen LogP contribution in [0, 0.1) is 17.0 Å². The molecule has 0 bridgehead atoms. The highest BCUT2D eigenvalue weighted by Crippen LogP contribution is 2.25. The summed E-state index contributed by atoms with van der Waals surface area (Å²) in [5, 5.41) is 13.7. The number of rotatable bonds is 7. The van der Waals surface area contributed by atoms with Crippen molar-refractivity contribution in [2.24, 2.45) is 0 Å². The molecule has 0 radical (unpaired) electrons. The van der Waals surface area contributed by atoms with Gasteiger partial charge in [-0.2, -0.15) is 4.57 Å². The number of nitrogens with one attached hydrogen (secondary N) is 1. The first-order valence-electron chi connectivity index (χ1n) is 8.49. The van der Waals surface area contributed by atoms with Crippen molar-refractivity contribution in [1.29, 1.82) is 0 Å². The number of benzene rings is 1. The molecule has 0 aliphatic heterocycles. The van der Waals surface area contributed by atoms with Crippen LogP contribution in [0.1, 0.15) is 43.7 Å². The maximum absolute atomic E-state index is 12.2. The van der Waals surface area contributed by atoms with E-state index >= 15 is 0 Å². The number of amides is 1. The average Bonchev–Trinajstić information content (AvgIpc) is 2.59. The number of nitro benzene ring substituents is 1. The molecule has 26 heavy (non-hydrogen) atoms. The lowest BCUT2D eigenvalue weighted by Crippen LogP contribution is -3.00. The summed E-state index contributed by atoms with van der Waals surface area (Å²) in [6.07, 6.45) is 5.97. The van der Waals surface area contributed by atoms with Gasteiger partial charge in [-0.1, -0.05) is 19.9 Å². The third-order valence-corrected chi connectivity index (χ3v) is 4.48. The second kappa shape index (κ2) is 9.87. The number of anilines is 1. The molecule has 6 nitrogen and oxygen atoms in total. The Bertz CT molecular complexity index is 759. The maximum Gasteiger partial charge on any atom is 0.290 e. The molecule has 0 saturated carbocycles. The Morgan fingerprint density at radius 2 is 1.81 bits per heavy atom. The number of nitro groups is 1. The van der Waals surface area contributed by atoms with Gasteiger partial charge in [0, 0.05) is 18.2 Å². The van der Waals surface area contributed by atoms with Crippen molar-refractivity contribution >= 4 is 17.3 Å². The number of hydrogen-bond donors (Lipinski definition) is 1. The molecule has 2 rings (SSSR count). The maximum atomic E-state index is 12.2. The monoisotopic (exact) mass is 377 g/mol. The third kappa shape index (κ3) is 5.26. The fourth-order valence-electron chi connectivity index (χ4n) is 2.92. The largest absolute Gasteiger partial charge is 1.00 e. The highest BCUT2D eigenvalue weighted by Gasteiger charge is 2.17. The molecule has 0 fully saturated rings. The van der Waals surface area contributed by atoms with Gasteiger partial charge >= 0.3 is 0 Å². The van der Waals surface area contributed by atoms with Gasteiger partial charge in [0.1, 0.15) is 0 Å². The van der Waals surface area contributed by atoms with E-state index in [0.717, 1.165) is 12.8 Å². The molecule has 0 aliphatic rings. The van der Waals surface area contributed by atoms with Crippen molar-refractivity contribution in [3.63, 3.8) is 0 Å². The van der Waals surface area contributed by atoms with Crippen molar-refractivity contribution in [2.75, 3.05) is 5.32 Å². The van der Waals surface area contributed by atoms with Crippen LogP contribution >= 0.6 is 0 Å². The molecule has 1 aromatic carbocycles. The van der Waals surface area contributed by atoms with Crippen LogP contribution in [0.2, 0.25) is 0 Å². The summed E-state index contributed by atoms with van der Waals surface area (Å²) >= 11 is 0. The van der Waals surface area contributed by atoms with Crippen molar-refractivity contribution < 1.29 is 26.7 Å². The molecule has 1 heterocycles. The van der Waals surface area contributed by atoms with Crippen molar-refractivity contribution in [3.05, 3.63) is 64.0 Å². The van der Waals surface area contributed by atoms with E-state index in [1.165, 1.54) is 11.6 Å². The summed E-state index contributed by atoms with van der Waals surface area (Å²) in [7, 11) is 0. The molecule has 1 aromatic heterocycles. The second-order valence-corrected chi connectivity index (χ2v) is 6.07. The molecule has 0 saturated heterocycles. The van der Waals surface area contributed by atoms with Crippen molar-refractivity contribution in [2.45, 2.75) is 46.1 Å². The minimum atomic E-state index is -0.448. The van der Waals surface area contributed by atoms with E-state index in [4.69, 9.17) is 0 Å². The van der Waals surface area contributed by atoms with Gasteiger partial charge in [-0.3, -0.25) is 14.9 Å². The fraction of sp³-hybridized carbons (Fsp3) is 0.368. The third-order valence-electron chi connectivity index (χ3n) is 4.48. The van der Waals surface area contributed by atoms with Crippen LogP contribution in [0.5, 0.6) is 0 Å². The number of aromatic nitrogens is 1. The van der Waals surface area contributed by atoms with E-state index in [2.05, 4.69) is 19.2 Å². The number of hydrogen-bond acceptors (Lipinski definition) is 3. The van der Waals surface area contributed by atoms with Crippen LogP contribution in [-0.4, -0.2) is 10.8 Å². The van der Waals surface area contributed by atoms with Gasteiger partial charge in [-0.15, -0.1) is 0 Å². The summed E-state index contributed by atoms with van der Waals surface area (Å²) in [4.78, 5) is 22.8. The average molecular weight is 378 g/mol. The van der Waals surface area contributed by atoms with Crippen LogP contribution in [0.3, 0.4) is 0 Å². The molecule has 0 aliphatic carbocycles. The lowest BCUT2D eigenvalue weighted by atomic mass is 9.95. The zero-order chi connectivity index (χ0) is 18.4. The van der Waals surface area contributed by atoms with Crippen LogP contribution in [-0.2, 0) is 11.3 Å². The lowest BCUT2D eigenvalue weighted by molar-refractivity contribution is -0.684. The first kappa shape index (κ1) is 21.6. The number of halogens is 1. The number of carbonyl (C=O) groups excluding carboxylic acids is 1. The first-order chi connectivity index (χ1) is 12.0. The predicted molar refractivity (Wildman–Crippen MR) is 96.4 cm³/mol. The van der Waals surface area contributed by atoms with Crippen LogP contribution in [0.15, 0.2) is 42.7 Å². The molecule has 0 unspecified atom stereocenters. The van der Waals surface area contributed by atoms with E-state index in [9.17, 15) is 14.9 Å². The predicted octanol–water partition coefficient (Wildman–Crippen LogP) is 0.737. The van der Waals surface area contributed by atoms with Crippen molar-refractivity contribution in [3.8, 4) is 0 Å². The van der Waals surface area contributed by atoms with Crippen LogP contribution in [0.25, 0.3) is 0 Å². The van der Waals surface area contributed by atoms with Gasteiger partial charge < -0.3 is 17.7 Å². The van der Waals surface area contributed by atoms with E-state index < -0.39 is 4.92 Å². The summed E-state index contributed by atoms with van der Waals surface area (Å²) in [6.45, 7) is 6.13. The van der Waals surface area contributed by atoms with Gasteiger partial charge in [-0.05, 0) is 37.3 Å². The SMILES string of the molecule is CCC(CC)c1cc[n+](CC(=O)Nc2cccc([N+](=O)[O-])c2C)cc1.[Cl-]. The Balaban J connectivity index is 0.00000338. The van der Waals surface area contributed by atoms with E-state index in [-0.39, 0.29) is 30.5 Å². The van der Waals surface area contributed by atoms with E-state index in [1.807, 2.05) is 24.5 Å². The van der Waals surface area contributed by atoms with E-state index in [1.54, 1.807) is 23.6 Å². The Morgan fingerprint density at radius 1 is 1.19 bits per heavy atom. The van der Waals surface area contributed by atoms with E-state index in [0.29, 0.717) is 17.2 Å². The molecule has 0 atom stereocenters. The summed E-state index contributed by atoms with van der Waals surface area (Å²) in [5.74, 6) is 0.319. The first-order valence-corrected chi connectivity index (χ1v) is 8.49. The topological polar surface area (TPSA) is 76.1 Å². The Labute approximate surface area is 159 Å². The molecular formula is C19H24ClN3O3. The van der Waals surface area contributed by atoms with Gasteiger partial charge in [0.2, 0.25) is 6.54 Å². The van der Waals surface area contributed by atoms with Gasteiger partial charge in [0.15, 0.2) is 12.4 Å². The Kier molecular flexibility index (Phi) is 8.19. The standard InChI is InChI=1S/C19H23N3O3.ClH/c1-4-15(5-2)16-9-11-21(12-10-16)13-19(23)20-17-7-6-8-18(14(17)3)22(24)25;/h6-12,15H,4-5,13H2,1-3H3;1H. The highest BCUT2D eigenvalue weighted by atomic mass is 35.5. The van der Waals surface area contributed by atoms with Gasteiger partial charge in [0.05, 0.1) is 16.2 Å². The number of nitrogens with zero attached hydrogens (tertiary/aromatic N) is 2. The zero-order valence-corrected chi connectivity index (χ0v) is 16.0. The molecule has 0 spiro atoms. The summed E-state index contributed by atoms with van der Waals surface area (Å²) in [6, 6.07) is 8.75. The Hall–Kier alpha value is -2.47. The van der Waals surface area contributed by atoms with Gasteiger partial charge in [0.25, 0.3) is 11.6 Å². The smallest absolute Gasteiger partial charge is 0.290 e. The second-order valence-electron chi connectivity index (χ2n) is 6.07. The highest BCUT2D eigenvalue weighted by molar-refractivity contribution is 5.91. The molecule has 7 heteroatoms. The number of carbonyl (C=O) groups is 1. The summed E-state index contributed by atoms with van der Waals surface area (Å²) < 4.78 is 1.80. The quantitative estimate of drug-likeness (QED) is 0.439.